The summed E-state index contributed by atoms with van der Waals surface area (Å²) in [6, 6.07) is 36.7. The van der Waals surface area contributed by atoms with Gasteiger partial charge in [0.15, 0.2) is 0 Å². The first-order chi connectivity index (χ1) is 58.3. The smallest absolute Gasteiger partial charge is 0.314 e. The molecule has 0 aliphatic heterocycles. The Morgan fingerprint density at radius 3 is 0.400 bits per heavy atom. The van der Waals surface area contributed by atoms with Crippen molar-refractivity contribution in [3.05, 3.63) is 121 Å². The molecule has 0 spiro atoms. The zero-order chi connectivity index (χ0) is 84.7. The summed E-state index contributed by atoms with van der Waals surface area (Å²) in [7, 11) is 0. The largest absolute Gasteiger partial charge is 0.426 e. The Morgan fingerprint density at radius 1 is 0.192 bits per heavy atom. The zero-order valence-corrected chi connectivity index (χ0v) is 80.2. The highest BCUT2D eigenvalue weighted by Crippen LogP contribution is 2.49. The van der Waals surface area contributed by atoms with Crippen LogP contribution >= 0.6 is 63.1 Å². The van der Waals surface area contributed by atoms with Crippen molar-refractivity contribution >= 4 is 93.0 Å². The number of thiol groups is 5. The van der Waals surface area contributed by atoms with E-state index >= 15 is 0 Å². The van der Waals surface area contributed by atoms with Gasteiger partial charge >= 0.3 is 29.8 Å². The van der Waals surface area contributed by atoms with Crippen molar-refractivity contribution in [1.82, 2.24) is 0 Å². The summed E-state index contributed by atoms with van der Waals surface area (Å²) in [5, 5.41) is 0. The first-order valence-corrected chi connectivity index (χ1v) is 50.5. The summed E-state index contributed by atoms with van der Waals surface area (Å²) in [6.07, 6.45) is 57.1. The SMILES string of the molecule is CCC1CCC(C2CCC(C(=O)Oc3ccc(S)cc3)CC2)CC1.CCC1CCC(C2CCC(C(=O)Oc3ccc(S)cc3)CC2)CC1.CCC1CCC(C2CCC(C(=O)Oc3ccc(S)cc3)CC2)CC1.CCC1CCC(C2CCC(C(=O)Oc3ccc(S)cc3)CC2)CC1.CCC1CCC(C2CCC(C(=O)Oc3ccc(S)cc3)CC2)CC1.F.F.F.F.F. The maximum atomic E-state index is 12.4. The number of carbonyl (C=O) groups is 5. The quantitative estimate of drug-likeness (QED) is 0.0222. The second-order valence-electron chi connectivity index (χ2n) is 38.6. The lowest BCUT2D eigenvalue weighted by molar-refractivity contribution is -0.141. The van der Waals surface area contributed by atoms with E-state index in [9.17, 15) is 24.0 Å². The highest BCUT2D eigenvalue weighted by Gasteiger charge is 2.40. The molecule has 0 unspecified atom stereocenters. The fraction of sp³-hybridized carbons (Fsp3) is 0.667. The number of carbonyl (C=O) groups excluding carboxylic acids is 5. The summed E-state index contributed by atoms with van der Waals surface area (Å²) < 4.78 is 27.7. The Hall–Kier alpha value is -5.15. The minimum absolute atomic E-state index is 0. The first-order valence-electron chi connectivity index (χ1n) is 48.3. The molecule has 125 heavy (non-hydrogen) atoms. The van der Waals surface area contributed by atoms with Crippen LogP contribution in [0.5, 0.6) is 28.7 Å². The molecule has 10 saturated carbocycles. The van der Waals surface area contributed by atoms with E-state index in [2.05, 4.69) is 97.8 Å². The lowest BCUT2D eigenvalue weighted by atomic mass is 9.69. The molecular weight excluding hydrogens is 1680 g/mol. The fourth-order valence-corrected chi connectivity index (χ4v) is 23.8. The van der Waals surface area contributed by atoms with Crippen LogP contribution in [0.3, 0.4) is 0 Å². The standard InChI is InChI=1S/5C21H30O2S.5FH/c5*1-2-15-3-5-16(6-4-15)17-7-9-18(10-8-17)21(22)23-19-11-13-20(24)14-12-19;;;;;/h5*11-18,24H,2-10H2,1H3;5*1H. The third-order valence-electron chi connectivity index (χ3n) is 31.5. The van der Waals surface area contributed by atoms with Gasteiger partial charge in [-0.05, 0) is 403 Å². The van der Waals surface area contributed by atoms with E-state index in [1.54, 1.807) is 0 Å². The Balaban J connectivity index is 0.000000239. The third-order valence-corrected chi connectivity index (χ3v) is 33.0. The van der Waals surface area contributed by atoms with Crippen molar-refractivity contribution < 1.29 is 71.2 Å². The van der Waals surface area contributed by atoms with Crippen molar-refractivity contribution in [2.75, 3.05) is 0 Å². The summed E-state index contributed by atoms with van der Waals surface area (Å²) in [5.41, 5.74) is 0. The van der Waals surface area contributed by atoms with E-state index in [-0.39, 0.29) is 83.0 Å². The van der Waals surface area contributed by atoms with Gasteiger partial charge in [0, 0.05) is 24.5 Å². The molecule has 10 aliphatic carbocycles. The predicted octanol–water partition coefficient (Wildman–Crippen LogP) is 30.3. The van der Waals surface area contributed by atoms with Gasteiger partial charge in [-0.1, -0.05) is 131 Å². The van der Waals surface area contributed by atoms with E-state index in [4.69, 9.17) is 23.7 Å². The number of esters is 5. The van der Waals surface area contributed by atoms with Crippen LogP contribution in [0, 0.1) is 118 Å². The number of hydrogen-bond donors (Lipinski definition) is 5. The van der Waals surface area contributed by atoms with Crippen LogP contribution in [0.4, 0.5) is 23.5 Å². The molecule has 10 nitrogen and oxygen atoms in total. The Labute approximate surface area is 775 Å². The zero-order valence-electron chi connectivity index (χ0n) is 75.8. The van der Waals surface area contributed by atoms with Crippen LogP contribution < -0.4 is 23.7 Å². The summed E-state index contributed by atoms with van der Waals surface area (Å²) in [4.78, 5) is 66.3. The molecule has 0 amide bonds. The van der Waals surface area contributed by atoms with E-state index in [1.807, 2.05) is 121 Å². The highest BCUT2D eigenvalue weighted by atomic mass is 32.1. The van der Waals surface area contributed by atoms with Gasteiger partial charge in [0.1, 0.15) is 28.7 Å². The summed E-state index contributed by atoms with van der Waals surface area (Å²) in [6.45, 7) is 11.6. The Bertz CT molecular complexity index is 3220. The third kappa shape index (κ3) is 35.2. The molecule has 5 aromatic carbocycles. The second kappa shape index (κ2) is 57.2. The molecule has 0 aromatic heterocycles. The van der Waals surface area contributed by atoms with Crippen LogP contribution in [0.25, 0.3) is 0 Å². The molecule has 10 aliphatic rings. The molecule has 0 N–H and O–H groups in total. The summed E-state index contributed by atoms with van der Waals surface area (Å²) in [5.74, 6) is 17.0. The van der Waals surface area contributed by atoms with Crippen molar-refractivity contribution in [3.8, 4) is 28.7 Å². The van der Waals surface area contributed by atoms with Gasteiger partial charge < -0.3 is 23.7 Å². The van der Waals surface area contributed by atoms with E-state index in [0.717, 1.165) is 177 Å². The number of halogens is 5. The normalized spacial score (nSPS) is 29.5. The van der Waals surface area contributed by atoms with Gasteiger partial charge in [-0.25, -0.2) is 0 Å². The van der Waals surface area contributed by atoms with Crippen molar-refractivity contribution in [2.24, 2.45) is 118 Å². The average molecular weight is 1830 g/mol. The Morgan fingerprint density at radius 2 is 0.296 bits per heavy atom. The monoisotopic (exact) mass is 1830 g/mol. The van der Waals surface area contributed by atoms with Crippen LogP contribution in [0.2, 0.25) is 0 Å². The minimum Gasteiger partial charge on any atom is -0.426 e. The maximum absolute atomic E-state index is 12.4. The van der Waals surface area contributed by atoms with Crippen LogP contribution in [-0.4, -0.2) is 29.8 Å². The van der Waals surface area contributed by atoms with Crippen molar-refractivity contribution in [1.29, 1.82) is 0 Å². The number of benzene rings is 5. The molecule has 0 heterocycles. The van der Waals surface area contributed by atoms with E-state index in [1.165, 1.54) is 225 Å². The first kappa shape index (κ1) is 109. The van der Waals surface area contributed by atoms with E-state index in [0.29, 0.717) is 28.7 Å². The molecule has 15 rings (SSSR count). The van der Waals surface area contributed by atoms with Gasteiger partial charge in [0.25, 0.3) is 0 Å². The molecule has 0 radical (unpaired) electrons. The molecule has 0 atom stereocenters. The average Bonchev–Trinajstić information content (AvgIpc) is 0.855. The lowest BCUT2D eigenvalue weighted by Crippen LogP contribution is -2.30. The van der Waals surface area contributed by atoms with Crippen LogP contribution in [0.15, 0.2) is 146 Å². The van der Waals surface area contributed by atoms with Gasteiger partial charge in [-0.3, -0.25) is 47.5 Å². The number of ether oxygens (including phenoxy) is 5. The maximum Gasteiger partial charge on any atom is 0.314 e. The predicted molar refractivity (Wildman–Crippen MR) is 515 cm³/mol. The molecule has 0 bridgehead atoms. The fourth-order valence-electron chi connectivity index (χ4n) is 23.0. The van der Waals surface area contributed by atoms with Gasteiger partial charge in [-0.2, -0.15) is 0 Å². The molecule has 5 aromatic rings. The lowest BCUT2D eigenvalue weighted by Gasteiger charge is -2.37. The van der Waals surface area contributed by atoms with Gasteiger partial charge in [-0.15, -0.1) is 63.1 Å². The van der Waals surface area contributed by atoms with Gasteiger partial charge in [0.2, 0.25) is 0 Å². The number of hydrogen-bond acceptors (Lipinski definition) is 15. The van der Waals surface area contributed by atoms with Gasteiger partial charge in [0.05, 0.1) is 29.6 Å². The van der Waals surface area contributed by atoms with Crippen molar-refractivity contribution in [2.45, 2.75) is 348 Å². The van der Waals surface area contributed by atoms with Crippen molar-refractivity contribution in [3.63, 3.8) is 0 Å². The van der Waals surface area contributed by atoms with Crippen LogP contribution in [-0.2, 0) is 24.0 Å². The van der Waals surface area contributed by atoms with E-state index < -0.39 is 0 Å². The molecule has 700 valence electrons. The minimum atomic E-state index is -0.0462. The molecule has 0 saturated heterocycles. The highest BCUT2D eigenvalue weighted by molar-refractivity contribution is 7.81. The molecule has 10 fully saturated rings. The number of rotatable bonds is 20. The molecular formula is C105H155F5O10S5. The summed E-state index contributed by atoms with van der Waals surface area (Å²) >= 11 is 21.3. The second-order valence-corrected chi connectivity index (χ2v) is 41.2. The van der Waals surface area contributed by atoms with Crippen LogP contribution in [0.1, 0.15) is 324 Å². The topological polar surface area (TPSA) is 132 Å². The Kier molecular flexibility index (Phi) is 49.7. The molecule has 20 heteroatoms.